The van der Waals surface area contributed by atoms with E-state index in [1.165, 1.54) is 49.4 Å². The van der Waals surface area contributed by atoms with Crippen molar-refractivity contribution in [3.05, 3.63) is 145 Å². The average Bonchev–Trinajstić information content (AvgIpc) is 3.28. The van der Waals surface area contributed by atoms with Crippen LogP contribution in [0.2, 0.25) is 0 Å². The van der Waals surface area contributed by atoms with Gasteiger partial charge < -0.3 is 0 Å². The monoisotopic (exact) mass is 524 g/mol. The number of nitrogens with zero attached hydrogens (tertiary/aromatic N) is 2. The molecule has 1 aliphatic rings. The fourth-order valence-electron chi connectivity index (χ4n) is 6.77. The van der Waals surface area contributed by atoms with Crippen LogP contribution in [0.5, 0.6) is 0 Å². The molecule has 1 aliphatic carbocycles. The molecule has 0 aliphatic heterocycles. The standard InChI is InChI=1S/C39H28N2/c1-39(2)34-32-20-12-10-18-30(32)29-17-9-11-19-31(29)33(34)37-35(39)36(27-15-7-4-8-16-27)40-38(41-37)28-23-21-26(22-24-28)25-13-5-3-6-14-25/h3-24H,1-2H3. The van der Waals surface area contributed by atoms with Crippen molar-refractivity contribution in [3.8, 4) is 45.0 Å². The van der Waals surface area contributed by atoms with Gasteiger partial charge in [0.1, 0.15) is 0 Å². The number of hydrogen-bond donors (Lipinski definition) is 0. The molecular formula is C39H28N2. The van der Waals surface area contributed by atoms with E-state index in [1.54, 1.807) is 0 Å². The number of benzene rings is 6. The minimum absolute atomic E-state index is 0.283. The summed E-state index contributed by atoms with van der Waals surface area (Å²) in [7, 11) is 0. The first-order chi connectivity index (χ1) is 20.1. The van der Waals surface area contributed by atoms with Crippen LogP contribution < -0.4 is 0 Å². The highest BCUT2D eigenvalue weighted by atomic mass is 14.9. The molecule has 0 saturated carbocycles. The Labute approximate surface area is 240 Å². The van der Waals surface area contributed by atoms with Gasteiger partial charge in [0.25, 0.3) is 0 Å². The Balaban J connectivity index is 1.44. The molecule has 0 atom stereocenters. The second kappa shape index (κ2) is 8.97. The van der Waals surface area contributed by atoms with Crippen LogP contribution >= 0.6 is 0 Å². The highest BCUT2D eigenvalue weighted by Gasteiger charge is 2.42. The molecule has 6 aromatic carbocycles. The SMILES string of the molecule is CC1(C)c2c(-c3ccccc3)nc(-c3ccc(-c4ccccc4)cc3)nc2-c2c1c1ccccc1c1ccccc21. The Morgan fingerprint density at radius 1 is 0.390 bits per heavy atom. The maximum atomic E-state index is 5.39. The van der Waals surface area contributed by atoms with E-state index in [1.807, 2.05) is 6.07 Å². The average molecular weight is 525 g/mol. The smallest absolute Gasteiger partial charge is 0.160 e. The van der Waals surface area contributed by atoms with Gasteiger partial charge in [-0.15, -0.1) is 0 Å². The molecule has 41 heavy (non-hydrogen) atoms. The zero-order valence-electron chi connectivity index (χ0n) is 23.1. The summed E-state index contributed by atoms with van der Waals surface area (Å²) in [4.78, 5) is 10.7. The van der Waals surface area contributed by atoms with Gasteiger partial charge in [-0.25, -0.2) is 9.97 Å². The third-order valence-electron chi connectivity index (χ3n) is 8.63. The summed E-state index contributed by atoms with van der Waals surface area (Å²) >= 11 is 0. The van der Waals surface area contributed by atoms with Gasteiger partial charge in [-0.1, -0.05) is 147 Å². The van der Waals surface area contributed by atoms with E-state index in [4.69, 9.17) is 9.97 Å². The zero-order chi connectivity index (χ0) is 27.6. The van der Waals surface area contributed by atoms with Crippen molar-refractivity contribution in [3.63, 3.8) is 0 Å². The van der Waals surface area contributed by atoms with Crippen LogP contribution in [-0.2, 0) is 5.41 Å². The first kappa shape index (κ1) is 23.8. The fraction of sp³-hybridized carbons (Fsp3) is 0.0769. The summed E-state index contributed by atoms with van der Waals surface area (Å²) in [6.07, 6.45) is 0. The molecule has 0 unspecified atom stereocenters. The van der Waals surface area contributed by atoms with Crippen molar-refractivity contribution in [1.82, 2.24) is 9.97 Å². The van der Waals surface area contributed by atoms with Crippen molar-refractivity contribution in [2.45, 2.75) is 19.3 Å². The maximum absolute atomic E-state index is 5.39. The van der Waals surface area contributed by atoms with Crippen molar-refractivity contribution in [1.29, 1.82) is 0 Å². The lowest BCUT2D eigenvalue weighted by Crippen LogP contribution is -2.18. The highest BCUT2D eigenvalue weighted by Crippen LogP contribution is 2.56. The van der Waals surface area contributed by atoms with Gasteiger partial charge >= 0.3 is 0 Å². The molecule has 1 aromatic heterocycles. The number of aromatic nitrogens is 2. The molecule has 194 valence electrons. The Bertz CT molecular complexity index is 2090. The fourth-order valence-corrected chi connectivity index (χ4v) is 6.77. The van der Waals surface area contributed by atoms with Crippen molar-refractivity contribution in [2.24, 2.45) is 0 Å². The molecule has 7 aromatic rings. The number of rotatable bonds is 3. The van der Waals surface area contributed by atoms with E-state index in [2.05, 4.69) is 141 Å². The van der Waals surface area contributed by atoms with Crippen LogP contribution in [0.15, 0.2) is 133 Å². The van der Waals surface area contributed by atoms with E-state index >= 15 is 0 Å². The molecule has 0 N–H and O–H groups in total. The van der Waals surface area contributed by atoms with Crippen molar-refractivity contribution >= 4 is 21.5 Å². The highest BCUT2D eigenvalue weighted by molar-refractivity contribution is 6.18. The molecule has 0 bridgehead atoms. The molecule has 0 saturated heterocycles. The van der Waals surface area contributed by atoms with E-state index in [9.17, 15) is 0 Å². The van der Waals surface area contributed by atoms with E-state index in [-0.39, 0.29) is 5.41 Å². The maximum Gasteiger partial charge on any atom is 0.160 e. The third-order valence-corrected chi connectivity index (χ3v) is 8.63. The Morgan fingerprint density at radius 3 is 1.51 bits per heavy atom. The van der Waals surface area contributed by atoms with Gasteiger partial charge in [-0.05, 0) is 38.2 Å². The van der Waals surface area contributed by atoms with Crippen LogP contribution in [0, 0.1) is 0 Å². The molecule has 2 nitrogen and oxygen atoms in total. The van der Waals surface area contributed by atoms with E-state index < -0.39 is 0 Å². The molecule has 8 rings (SSSR count). The molecule has 0 amide bonds. The van der Waals surface area contributed by atoms with Crippen molar-refractivity contribution < 1.29 is 0 Å². The van der Waals surface area contributed by atoms with E-state index in [0.29, 0.717) is 0 Å². The third kappa shape index (κ3) is 3.57. The van der Waals surface area contributed by atoms with Crippen LogP contribution in [0.1, 0.15) is 25.0 Å². The first-order valence-corrected chi connectivity index (χ1v) is 14.2. The largest absolute Gasteiger partial charge is 0.228 e. The summed E-state index contributed by atoms with van der Waals surface area (Å²) in [5, 5.41) is 5.08. The lowest BCUT2D eigenvalue weighted by atomic mass is 9.78. The molecule has 2 heteroatoms. The van der Waals surface area contributed by atoms with Crippen LogP contribution in [0.3, 0.4) is 0 Å². The summed E-state index contributed by atoms with van der Waals surface area (Å²) in [5.41, 5.74) is 10.1. The Hall–Kier alpha value is -5.08. The minimum atomic E-state index is -0.283. The van der Waals surface area contributed by atoms with Crippen molar-refractivity contribution in [2.75, 3.05) is 0 Å². The van der Waals surface area contributed by atoms with Gasteiger partial charge in [0, 0.05) is 27.7 Å². The molecule has 0 fully saturated rings. The summed E-state index contributed by atoms with van der Waals surface area (Å²) in [5.74, 6) is 0.753. The Kier molecular flexibility index (Phi) is 5.20. The minimum Gasteiger partial charge on any atom is -0.228 e. The summed E-state index contributed by atoms with van der Waals surface area (Å²) in [6.45, 7) is 4.67. The topological polar surface area (TPSA) is 25.8 Å². The Morgan fingerprint density at radius 2 is 0.854 bits per heavy atom. The summed E-state index contributed by atoms with van der Waals surface area (Å²) < 4.78 is 0. The lowest BCUT2D eigenvalue weighted by Gasteiger charge is -2.25. The molecule has 0 radical (unpaired) electrons. The quantitative estimate of drug-likeness (QED) is 0.215. The second-order valence-corrected chi connectivity index (χ2v) is 11.4. The molecular weight excluding hydrogens is 496 g/mol. The van der Waals surface area contributed by atoms with Gasteiger partial charge in [0.05, 0.1) is 11.4 Å². The van der Waals surface area contributed by atoms with Gasteiger partial charge in [0.15, 0.2) is 5.82 Å². The molecule has 1 heterocycles. The lowest BCUT2D eigenvalue weighted by molar-refractivity contribution is 0.664. The van der Waals surface area contributed by atoms with Gasteiger partial charge in [0.2, 0.25) is 0 Å². The van der Waals surface area contributed by atoms with Crippen LogP contribution in [0.4, 0.5) is 0 Å². The number of hydrogen-bond acceptors (Lipinski definition) is 2. The normalized spacial score (nSPS) is 13.3. The van der Waals surface area contributed by atoms with Crippen LogP contribution in [-0.4, -0.2) is 9.97 Å². The van der Waals surface area contributed by atoms with Gasteiger partial charge in [-0.2, -0.15) is 0 Å². The predicted octanol–water partition coefficient (Wildman–Crippen LogP) is 10.1. The van der Waals surface area contributed by atoms with Crippen LogP contribution in [0.25, 0.3) is 66.6 Å². The summed E-state index contributed by atoms with van der Waals surface area (Å²) in [6, 6.07) is 47.3. The number of fused-ring (bicyclic) bond motifs is 8. The predicted molar refractivity (Wildman–Crippen MR) is 171 cm³/mol. The first-order valence-electron chi connectivity index (χ1n) is 14.2. The zero-order valence-corrected chi connectivity index (χ0v) is 23.1. The molecule has 0 spiro atoms. The van der Waals surface area contributed by atoms with E-state index in [0.717, 1.165) is 28.3 Å². The van der Waals surface area contributed by atoms with Gasteiger partial charge in [-0.3, -0.25) is 0 Å². The second-order valence-electron chi connectivity index (χ2n) is 11.4.